The summed E-state index contributed by atoms with van der Waals surface area (Å²) < 4.78 is 41.4. The highest BCUT2D eigenvalue weighted by atomic mass is 35.5. The molecule has 1 aliphatic carbocycles. The molecule has 0 spiro atoms. The first-order valence-electron chi connectivity index (χ1n) is 13.3. The normalized spacial score (nSPS) is 22.1. The van der Waals surface area contributed by atoms with E-state index >= 15 is 0 Å². The van der Waals surface area contributed by atoms with Gasteiger partial charge in [0.2, 0.25) is 0 Å². The molecule has 1 aromatic carbocycles. The molecule has 6 rings (SSSR count). The first kappa shape index (κ1) is 27.3. The first-order valence-corrected chi connectivity index (χ1v) is 13.7. The van der Waals surface area contributed by atoms with Crippen LogP contribution in [0.3, 0.4) is 0 Å². The van der Waals surface area contributed by atoms with Crippen LogP contribution in [0.25, 0.3) is 17.1 Å². The molecule has 0 bridgehead atoms. The number of halogens is 4. The Bertz CT molecular complexity index is 1520. The van der Waals surface area contributed by atoms with Gasteiger partial charge in [-0.25, -0.2) is 19.6 Å². The van der Waals surface area contributed by atoms with Crippen LogP contribution in [-0.4, -0.2) is 82.6 Å². The maximum Gasteiger partial charge on any atom is 0.491 e. The number of allylic oxidation sites excluding steroid dienone is 1. The number of aromatic nitrogens is 4. The van der Waals surface area contributed by atoms with Crippen LogP contribution in [0.15, 0.2) is 30.1 Å². The smallest absolute Gasteiger partial charge is 0.369 e. The fourth-order valence-corrected chi connectivity index (χ4v) is 6.28. The van der Waals surface area contributed by atoms with Crippen LogP contribution < -0.4 is 9.80 Å². The maximum absolute atomic E-state index is 12.5. The number of anilines is 2. The Morgan fingerprint density at radius 2 is 1.76 bits per heavy atom. The highest BCUT2D eigenvalue weighted by Gasteiger charge is 2.46. The van der Waals surface area contributed by atoms with Crippen molar-refractivity contribution in [3.05, 3.63) is 46.4 Å². The molecule has 1 amide bonds. The number of hydrogen-bond acceptors (Lipinski definition) is 8. The number of likely N-dealkylation sites (tertiary alicyclic amines) is 1. The van der Waals surface area contributed by atoms with Crippen molar-refractivity contribution in [2.24, 2.45) is 11.8 Å². The molecule has 4 heterocycles. The summed E-state index contributed by atoms with van der Waals surface area (Å²) >= 11 is 6.24. The van der Waals surface area contributed by atoms with E-state index in [0.717, 1.165) is 54.3 Å². The van der Waals surface area contributed by atoms with Crippen LogP contribution in [0.4, 0.5) is 29.5 Å². The molecule has 1 N–H and O–H groups in total. The molecule has 41 heavy (non-hydrogen) atoms. The van der Waals surface area contributed by atoms with Crippen molar-refractivity contribution in [1.29, 1.82) is 0 Å². The molecule has 14 heteroatoms. The zero-order valence-corrected chi connectivity index (χ0v) is 22.9. The van der Waals surface area contributed by atoms with Gasteiger partial charge in [0.05, 0.1) is 11.1 Å². The summed E-state index contributed by atoms with van der Waals surface area (Å²) in [6.07, 6.45) is -1.59. The number of carbonyl (C=O) groups is 2. The third-order valence-corrected chi connectivity index (χ3v) is 8.33. The summed E-state index contributed by atoms with van der Waals surface area (Å²) in [7, 11) is 0. The summed E-state index contributed by atoms with van der Waals surface area (Å²) in [5, 5.41) is 9.05. The number of benzene rings is 1. The summed E-state index contributed by atoms with van der Waals surface area (Å²) in [4.78, 5) is 37.8. The highest BCUT2D eigenvalue weighted by molar-refractivity contribution is 6.30. The van der Waals surface area contributed by atoms with Crippen LogP contribution in [-0.2, 0) is 9.53 Å². The molecule has 10 nitrogen and oxygen atoms in total. The number of esters is 1. The van der Waals surface area contributed by atoms with Crippen molar-refractivity contribution in [3.8, 4) is 0 Å². The van der Waals surface area contributed by atoms with Crippen molar-refractivity contribution in [2.75, 3.05) is 49.1 Å². The van der Waals surface area contributed by atoms with Gasteiger partial charge in [0.25, 0.3) is 0 Å². The van der Waals surface area contributed by atoms with Gasteiger partial charge >= 0.3 is 18.2 Å². The molecule has 3 fully saturated rings. The number of aromatic amines is 1. The monoisotopic (exact) mass is 589 g/mol. The van der Waals surface area contributed by atoms with Crippen molar-refractivity contribution in [2.45, 2.75) is 25.9 Å². The lowest BCUT2D eigenvalue weighted by molar-refractivity contribution is -0.193. The second kappa shape index (κ2) is 10.5. The minimum atomic E-state index is -5.21. The Labute approximate surface area is 238 Å². The van der Waals surface area contributed by atoms with E-state index in [1.165, 1.54) is 16.8 Å². The number of alkyl halides is 3. The molecule has 216 valence electrons. The number of fused-ring (bicyclic) bond motifs is 2. The molecular weight excluding hydrogens is 563 g/mol. The van der Waals surface area contributed by atoms with E-state index in [1.807, 2.05) is 24.3 Å². The van der Waals surface area contributed by atoms with Crippen molar-refractivity contribution in [3.63, 3.8) is 0 Å². The van der Waals surface area contributed by atoms with Crippen LogP contribution >= 0.6 is 11.6 Å². The summed E-state index contributed by atoms with van der Waals surface area (Å²) in [5.74, 6) is -1.55. The summed E-state index contributed by atoms with van der Waals surface area (Å²) in [6.45, 7) is 5.66. The van der Waals surface area contributed by atoms with E-state index in [0.29, 0.717) is 23.5 Å². The molecule has 3 aromatic rings. The number of nitrogens with one attached hydrogen (secondary N) is 1. The Morgan fingerprint density at radius 3 is 2.44 bits per heavy atom. The number of nitrogens with zero attached hydrogens (tertiary/aromatic N) is 6. The predicted molar refractivity (Wildman–Crippen MR) is 146 cm³/mol. The van der Waals surface area contributed by atoms with Crippen LogP contribution in [0.1, 0.15) is 24.1 Å². The zero-order valence-electron chi connectivity index (χ0n) is 22.1. The molecule has 2 aromatic heterocycles. The molecule has 2 aliphatic heterocycles. The van der Waals surface area contributed by atoms with Gasteiger partial charge < -0.3 is 19.4 Å². The third-order valence-electron chi connectivity index (χ3n) is 8.09. The molecule has 2 atom stereocenters. The lowest BCUT2D eigenvalue weighted by Crippen LogP contribution is -2.47. The van der Waals surface area contributed by atoms with E-state index in [4.69, 9.17) is 11.6 Å². The molecule has 1 saturated carbocycles. The lowest BCUT2D eigenvalue weighted by Gasteiger charge is -2.37. The summed E-state index contributed by atoms with van der Waals surface area (Å²) in [5.41, 5.74) is 4.79. The zero-order chi connectivity index (χ0) is 28.9. The lowest BCUT2D eigenvalue weighted by atomic mass is 10.0. The van der Waals surface area contributed by atoms with E-state index in [-0.39, 0.29) is 24.9 Å². The van der Waals surface area contributed by atoms with Gasteiger partial charge in [0, 0.05) is 50.0 Å². The summed E-state index contributed by atoms with van der Waals surface area (Å²) in [6, 6.07) is 5.92. The average Bonchev–Trinajstić information content (AvgIpc) is 3.63. The number of carbonyl (C=O) groups excluding carboxylic acids is 2. The standard InChI is InChI=1S/C27H27ClF3N7O3/c1-15-2-3-19(28)11-21(15)36-4-6-37(7-5-36)24-22-20(34-35-23(22)32-14-33-24)10-16-8-17-12-38(13-18(17)9-16)26(40)41-25(39)27(29,30)31/h2-3,10-11,14,17-18H,4-9,12-13H2,1H3,(H,32,33,34,35)/t17-,18+. The Hall–Kier alpha value is -3.87. The van der Waals surface area contributed by atoms with Crippen molar-refractivity contribution >= 4 is 52.3 Å². The molecule has 0 unspecified atom stereocenters. The van der Waals surface area contributed by atoms with Gasteiger partial charge in [-0.15, -0.1) is 0 Å². The fraction of sp³-hybridized carbons (Fsp3) is 0.444. The maximum atomic E-state index is 12.5. The predicted octanol–water partition coefficient (Wildman–Crippen LogP) is 4.59. The Balaban J connectivity index is 1.14. The second-order valence-electron chi connectivity index (χ2n) is 10.7. The van der Waals surface area contributed by atoms with Gasteiger partial charge in [-0.2, -0.15) is 18.3 Å². The van der Waals surface area contributed by atoms with E-state index in [2.05, 4.69) is 41.6 Å². The Morgan fingerprint density at radius 1 is 1.07 bits per heavy atom. The Kier molecular flexibility index (Phi) is 7.00. The van der Waals surface area contributed by atoms with Gasteiger partial charge in [0.1, 0.15) is 12.1 Å². The first-order chi connectivity index (χ1) is 19.6. The average molecular weight is 590 g/mol. The quantitative estimate of drug-likeness (QED) is 0.349. The van der Waals surface area contributed by atoms with E-state index in [9.17, 15) is 22.8 Å². The van der Waals surface area contributed by atoms with Crippen LogP contribution in [0.5, 0.6) is 0 Å². The molecule has 0 radical (unpaired) electrons. The van der Waals surface area contributed by atoms with Crippen LogP contribution in [0.2, 0.25) is 5.02 Å². The van der Waals surface area contributed by atoms with Gasteiger partial charge in [0.15, 0.2) is 5.65 Å². The number of amides is 1. The number of rotatable bonds is 3. The molecular formula is C27H27ClF3N7O3. The van der Waals surface area contributed by atoms with Crippen molar-refractivity contribution in [1.82, 2.24) is 25.1 Å². The second-order valence-corrected chi connectivity index (χ2v) is 11.2. The fourth-order valence-electron chi connectivity index (χ4n) is 6.11. The number of hydrogen-bond donors (Lipinski definition) is 1. The minimum Gasteiger partial charge on any atom is -0.369 e. The number of aryl methyl sites for hydroxylation is 1. The van der Waals surface area contributed by atoms with Gasteiger partial charge in [-0.3, -0.25) is 5.10 Å². The van der Waals surface area contributed by atoms with E-state index < -0.39 is 18.2 Å². The van der Waals surface area contributed by atoms with Gasteiger partial charge in [-0.05, 0) is 55.4 Å². The highest BCUT2D eigenvalue weighted by Crippen LogP contribution is 2.42. The number of ether oxygens (including phenoxy) is 1. The molecule has 2 saturated heterocycles. The topological polar surface area (TPSA) is 108 Å². The number of piperazine rings is 1. The molecule has 3 aliphatic rings. The van der Waals surface area contributed by atoms with E-state index in [1.54, 1.807) is 0 Å². The largest absolute Gasteiger partial charge is 0.491 e. The number of H-pyrrole nitrogens is 1. The van der Waals surface area contributed by atoms with Crippen LogP contribution in [0, 0.1) is 18.8 Å². The van der Waals surface area contributed by atoms with Crippen molar-refractivity contribution < 1.29 is 27.5 Å². The minimum absolute atomic E-state index is 0.0683. The SMILES string of the molecule is Cc1ccc(Cl)cc1N1CCN(c2ncnc3[nH]nc(C=C4C[C@@H]5CN(C(=O)OC(=O)C(F)(F)F)C[C@@H]5C4)c23)CC1. The van der Waals surface area contributed by atoms with Gasteiger partial charge in [-0.1, -0.05) is 23.2 Å². The third kappa shape index (κ3) is 5.42.